The fourth-order valence-electron chi connectivity index (χ4n) is 5.09. The van der Waals surface area contributed by atoms with Gasteiger partial charge in [-0.3, -0.25) is 9.56 Å². The van der Waals surface area contributed by atoms with Gasteiger partial charge in [0.05, 0.1) is 12.3 Å². The van der Waals surface area contributed by atoms with Crippen LogP contribution >= 0.6 is 35.2 Å². The van der Waals surface area contributed by atoms with Crippen LogP contribution in [0.1, 0.15) is 51.6 Å². The molecule has 1 atom stereocenters. The van der Waals surface area contributed by atoms with Gasteiger partial charge in [-0.05, 0) is 48.7 Å². The molecule has 0 radical (unpaired) electrons. The minimum atomic E-state index is 0.377. The summed E-state index contributed by atoms with van der Waals surface area (Å²) >= 11 is 14.3. The molecule has 0 bridgehead atoms. The Balaban J connectivity index is 1.31. The first-order valence-corrected chi connectivity index (χ1v) is 14.0. The molecule has 2 aromatic carbocycles. The van der Waals surface area contributed by atoms with E-state index in [1.165, 1.54) is 16.0 Å². The van der Waals surface area contributed by atoms with E-state index in [1.807, 2.05) is 31.2 Å². The molecular formula is C28H27ClN6S2. The first-order chi connectivity index (χ1) is 18.0. The molecule has 188 valence electrons. The maximum absolute atomic E-state index is 6.67. The summed E-state index contributed by atoms with van der Waals surface area (Å²) in [6.07, 6.45) is 0.886. The van der Waals surface area contributed by atoms with Crippen LogP contribution in [0.3, 0.4) is 0 Å². The molecule has 9 heteroatoms. The summed E-state index contributed by atoms with van der Waals surface area (Å²) in [7, 11) is 0. The normalized spacial score (nSPS) is 15.2. The highest BCUT2D eigenvalue weighted by Gasteiger charge is 2.32. The Morgan fingerprint density at radius 2 is 1.92 bits per heavy atom. The number of thiocarbonyl (C=S) groups is 1. The van der Waals surface area contributed by atoms with Crippen LogP contribution in [0.5, 0.6) is 0 Å². The summed E-state index contributed by atoms with van der Waals surface area (Å²) in [6, 6.07) is 18.5. The molecule has 6 rings (SSSR count). The third-order valence-electron chi connectivity index (χ3n) is 7.09. The van der Waals surface area contributed by atoms with Crippen molar-refractivity contribution in [3.8, 4) is 5.00 Å². The van der Waals surface area contributed by atoms with Gasteiger partial charge in [-0.1, -0.05) is 67.1 Å². The molecule has 0 spiro atoms. The predicted molar refractivity (Wildman–Crippen MR) is 154 cm³/mol. The SMILES string of the molecule is Cc1nnc2n1-c1sc3c(c1C(c1ccccc1Cl)=NC2)CCN(C(=S)NCC(C)c1ccccc1)C3. The molecule has 2 aromatic heterocycles. The standard InChI is InChI=1S/C28H27ClN6S2/c1-17(19-8-4-3-5-9-19)14-31-28(36)34-13-12-21-23(16-34)37-27-25(21)26(20-10-6-7-11-22(20)29)30-15-24-33-32-18(2)35(24)27/h3-11,17H,12-16H2,1-2H3,(H,31,36). The van der Waals surface area contributed by atoms with Crippen molar-refractivity contribution < 1.29 is 0 Å². The molecule has 0 saturated heterocycles. The minimum Gasteiger partial charge on any atom is -0.362 e. The van der Waals surface area contributed by atoms with Gasteiger partial charge in [0, 0.05) is 34.1 Å². The molecule has 0 amide bonds. The highest BCUT2D eigenvalue weighted by atomic mass is 35.5. The summed E-state index contributed by atoms with van der Waals surface area (Å²) in [5.74, 6) is 2.10. The summed E-state index contributed by atoms with van der Waals surface area (Å²) in [4.78, 5) is 8.60. The lowest BCUT2D eigenvalue weighted by molar-refractivity contribution is 0.391. The molecule has 2 aliphatic rings. The van der Waals surface area contributed by atoms with Crippen LogP contribution in [0.25, 0.3) is 5.00 Å². The number of halogens is 1. The number of thiophene rings is 1. The number of fused-ring (bicyclic) bond motifs is 5. The van der Waals surface area contributed by atoms with Crippen molar-refractivity contribution in [3.05, 3.63) is 98.4 Å². The van der Waals surface area contributed by atoms with E-state index in [9.17, 15) is 0 Å². The van der Waals surface area contributed by atoms with E-state index in [0.29, 0.717) is 17.5 Å². The maximum atomic E-state index is 6.67. The third kappa shape index (κ3) is 4.47. The van der Waals surface area contributed by atoms with Crippen molar-refractivity contribution in [1.82, 2.24) is 25.0 Å². The monoisotopic (exact) mass is 546 g/mol. The Morgan fingerprint density at radius 3 is 2.73 bits per heavy atom. The van der Waals surface area contributed by atoms with Gasteiger partial charge < -0.3 is 10.2 Å². The summed E-state index contributed by atoms with van der Waals surface area (Å²) in [5, 5.41) is 14.9. The Morgan fingerprint density at radius 1 is 1.14 bits per heavy atom. The number of aryl methyl sites for hydroxylation is 1. The second-order valence-electron chi connectivity index (χ2n) is 9.50. The Bertz CT molecular complexity index is 1510. The number of hydrogen-bond donors (Lipinski definition) is 1. The minimum absolute atomic E-state index is 0.377. The molecule has 2 aliphatic heterocycles. The lowest BCUT2D eigenvalue weighted by atomic mass is 9.95. The Hall–Kier alpha value is -3.07. The second kappa shape index (κ2) is 10.0. The average Bonchev–Trinajstić information content (AvgIpc) is 3.43. The highest BCUT2D eigenvalue weighted by molar-refractivity contribution is 7.80. The second-order valence-corrected chi connectivity index (χ2v) is 11.4. The van der Waals surface area contributed by atoms with Gasteiger partial charge in [0.2, 0.25) is 0 Å². The molecule has 0 aliphatic carbocycles. The Labute approximate surface area is 231 Å². The van der Waals surface area contributed by atoms with Crippen molar-refractivity contribution in [3.63, 3.8) is 0 Å². The van der Waals surface area contributed by atoms with Crippen molar-refractivity contribution in [2.45, 2.75) is 39.3 Å². The smallest absolute Gasteiger partial charge is 0.169 e. The zero-order chi connectivity index (χ0) is 25.5. The maximum Gasteiger partial charge on any atom is 0.169 e. The Kier molecular flexibility index (Phi) is 6.56. The average molecular weight is 547 g/mol. The zero-order valence-electron chi connectivity index (χ0n) is 20.7. The topological polar surface area (TPSA) is 58.3 Å². The quantitative estimate of drug-likeness (QED) is 0.334. The number of rotatable bonds is 4. The third-order valence-corrected chi connectivity index (χ3v) is 9.03. The van der Waals surface area contributed by atoms with E-state index >= 15 is 0 Å². The number of hydrogen-bond acceptors (Lipinski definition) is 5. The van der Waals surface area contributed by atoms with E-state index < -0.39 is 0 Å². The molecule has 1 unspecified atom stereocenters. The van der Waals surface area contributed by atoms with E-state index in [4.69, 9.17) is 28.8 Å². The molecule has 1 N–H and O–H groups in total. The van der Waals surface area contributed by atoms with Crippen LogP contribution in [0.15, 0.2) is 59.6 Å². The van der Waals surface area contributed by atoms with Gasteiger partial charge >= 0.3 is 0 Å². The van der Waals surface area contributed by atoms with Crippen LogP contribution in [0, 0.1) is 6.92 Å². The number of aromatic nitrogens is 3. The number of aliphatic imine (C=N–C) groups is 1. The molecule has 4 aromatic rings. The van der Waals surface area contributed by atoms with Crippen molar-refractivity contribution >= 4 is 46.0 Å². The number of nitrogens with one attached hydrogen (secondary N) is 1. The number of benzene rings is 2. The van der Waals surface area contributed by atoms with E-state index in [2.05, 4.69) is 62.2 Å². The van der Waals surface area contributed by atoms with Gasteiger partial charge in [0.15, 0.2) is 10.9 Å². The lowest BCUT2D eigenvalue weighted by Gasteiger charge is -2.30. The lowest BCUT2D eigenvalue weighted by Crippen LogP contribution is -2.43. The fraction of sp³-hybridized carbons (Fsp3) is 0.286. The van der Waals surface area contributed by atoms with Gasteiger partial charge in [0.25, 0.3) is 0 Å². The van der Waals surface area contributed by atoms with Gasteiger partial charge in [-0.25, -0.2) is 0 Å². The van der Waals surface area contributed by atoms with E-state index in [1.54, 1.807) is 11.3 Å². The first-order valence-electron chi connectivity index (χ1n) is 12.4. The molecule has 37 heavy (non-hydrogen) atoms. The fourth-order valence-corrected chi connectivity index (χ4v) is 6.99. The summed E-state index contributed by atoms with van der Waals surface area (Å²) in [5.41, 5.74) is 5.69. The van der Waals surface area contributed by atoms with Crippen molar-refractivity contribution in [1.29, 1.82) is 0 Å². The molecule has 0 fully saturated rings. The van der Waals surface area contributed by atoms with Gasteiger partial charge in [0.1, 0.15) is 17.4 Å². The number of nitrogens with zero attached hydrogens (tertiary/aromatic N) is 5. The summed E-state index contributed by atoms with van der Waals surface area (Å²) < 4.78 is 2.16. The highest BCUT2D eigenvalue weighted by Crippen LogP contribution is 2.40. The molecule has 4 heterocycles. The van der Waals surface area contributed by atoms with Gasteiger partial charge in [-0.2, -0.15) is 0 Å². The first kappa shape index (κ1) is 24.3. The molecular weight excluding hydrogens is 520 g/mol. The molecule has 6 nitrogen and oxygen atoms in total. The van der Waals surface area contributed by atoms with Gasteiger partial charge in [-0.15, -0.1) is 21.5 Å². The van der Waals surface area contributed by atoms with Crippen LogP contribution in [-0.2, 0) is 19.5 Å². The van der Waals surface area contributed by atoms with E-state index in [-0.39, 0.29) is 0 Å². The largest absolute Gasteiger partial charge is 0.362 e. The predicted octanol–water partition coefficient (Wildman–Crippen LogP) is 5.68. The van der Waals surface area contributed by atoms with E-state index in [0.717, 1.165) is 64.7 Å². The van der Waals surface area contributed by atoms with Crippen LogP contribution in [0.2, 0.25) is 5.02 Å². The van der Waals surface area contributed by atoms with Crippen molar-refractivity contribution in [2.24, 2.45) is 4.99 Å². The van der Waals surface area contributed by atoms with Crippen LogP contribution in [-0.4, -0.2) is 43.6 Å². The zero-order valence-corrected chi connectivity index (χ0v) is 23.1. The molecule has 0 saturated carbocycles. The van der Waals surface area contributed by atoms with Crippen LogP contribution in [0.4, 0.5) is 0 Å². The van der Waals surface area contributed by atoms with Crippen molar-refractivity contribution in [2.75, 3.05) is 13.1 Å². The van der Waals surface area contributed by atoms with Crippen LogP contribution < -0.4 is 5.32 Å². The summed E-state index contributed by atoms with van der Waals surface area (Å²) in [6.45, 7) is 7.12.